The lowest BCUT2D eigenvalue weighted by molar-refractivity contribution is -0.858. The summed E-state index contributed by atoms with van der Waals surface area (Å²) in [4.78, 5) is 28.8. The van der Waals surface area contributed by atoms with Crippen molar-refractivity contribution >= 4 is 29.1 Å². The Balaban J connectivity index is 2.13. The van der Waals surface area contributed by atoms with Crippen molar-refractivity contribution in [2.24, 2.45) is 0 Å². The van der Waals surface area contributed by atoms with Gasteiger partial charge in [0.2, 0.25) is 0 Å². The third kappa shape index (κ3) is 4.74. The second-order valence-electron chi connectivity index (χ2n) is 7.92. The number of halogens is 1. The summed E-state index contributed by atoms with van der Waals surface area (Å²) in [7, 11) is 7.11. The molecular weight excluding hydrogens is 432 g/mol. The monoisotopic (exact) mass is 459 g/mol. The molecule has 1 aliphatic heterocycles. The van der Waals surface area contributed by atoms with Gasteiger partial charge in [0.05, 0.1) is 46.5 Å². The molecule has 3 rings (SSSR count). The van der Waals surface area contributed by atoms with Crippen molar-refractivity contribution in [1.29, 1.82) is 0 Å². The molecule has 170 valence electrons. The normalized spacial score (nSPS) is 17.8. The number of ether oxygens (including phenoxy) is 2. The van der Waals surface area contributed by atoms with Gasteiger partial charge in [0.1, 0.15) is 5.76 Å². The lowest BCUT2D eigenvalue weighted by Gasteiger charge is -2.26. The summed E-state index contributed by atoms with van der Waals surface area (Å²) in [5.74, 6) is -0.578. The van der Waals surface area contributed by atoms with Crippen LogP contribution < -0.4 is 14.4 Å². The van der Waals surface area contributed by atoms with E-state index in [0.717, 1.165) is 6.54 Å². The molecule has 0 saturated carbocycles. The molecule has 7 nitrogen and oxygen atoms in total. The van der Waals surface area contributed by atoms with Crippen molar-refractivity contribution in [3.8, 4) is 11.5 Å². The molecule has 2 aromatic rings. The molecule has 1 amide bonds. The Bertz CT molecular complexity index is 1030. The van der Waals surface area contributed by atoms with Crippen LogP contribution in [0.25, 0.3) is 5.76 Å². The van der Waals surface area contributed by atoms with Gasteiger partial charge in [-0.2, -0.15) is 0 Å². The van der Waals surface area contributed by atoms with Crippen LogP contribution in [-0.4, -0.2) is 63.1 Å². The van der Waals surface area contributed by atoms with Gasteiger partial charge in [-0.1, -0.05) is 17.7 Å². The van der Waals surface area contributed by atoms with E-state index >= 15 is 0 Å². The van der Waals surface area contributed by atoms with Gasteiger partial charge < -0.3 is 24.4 Å². The minimum absolute atomic E-state index is 0.0433. The summed E-state index contributed by atoms with van der Waals surface area (Å²) in [6.45, 7) is 1.21. The van der Waals surface area contributed by atoms with Crippen molar-refractivity contribution in [1.82, 2.24) is 4.90 Å². The number of hydrogen-bond acceptors (Lipinski definition) is 5. The molecule has 8 heteroatoms. The maximum atomic E-state index is 13.1. The summed E-state index contributed by atoms with van der Waals surface area (Å²) in [6, 6.07) is 11.0. The topological polar surface area (TPSA) is 80.5 Å². The summed E-state index contributed by atoms with van der Waals surface area (Å²) in [5.41, 5.74) is 1.10. The summed E-state index contributed by atoms with van der Waals surface area (Å²) < 4.78 is 10.7. The quantitative estimate of drug-likeness (QED) is 0.360. The highest BCUT2D eigenvalue weighted by molar-refractivity contribution is 6.46. The zero-order valence-electron chi connectivity index (χ0n) is 18.6. The first kappa shape index (κ1) is 23.6. The number of benzene rings is 2. The van der Waals surface area contributed by atoms with Crippen molar-refractivity contribution in [2.75, 3.05) is 41.4 Å². The van der Waals surface area contributed by atoms with E-state index in [0.29, 0.717) is 40.6 Å². The van der Waals surface area contributed by atoms with Crippen LogP contribution in [0.5, 0.6) is 11.5 Å². The van der Waals surface area contributed by atoms with Crippen LogP contribution >= 0.6 is 11.6 Å². The Kier molecular flexibility index (Phi) is 7.43. The Morgan fingerprint density at radius 3 is 2.31 bits per heavy atom. The molecule has 0 radical (unpaired) electrons. The number of hydrogen-bond donors (Lipinski definition) is 2. The van der Waals surface area contributed by atoms with Crippen LogP contribution in [0.4, 0.5) is 0 Å². The average molecular weight is 460 g/mol. The van der Waals surface area contributed by atoms with Crippen LogP contribution in [0, 0.1) is 0 Å². The number of aliphatic hydroxyl groups excluding tert-OH is 1. The van der Waals surface area contributed by atoms with E-state index in [2.05, 4.69) is 0 Å². The van der Waals surface area contributed by atoms with E-state index in [4.69, 9.17) is 21.1 Å². The van der Waals surface area contributed by atoms with Gasteiger partial charge in [0.25, 0.3) is 11.7 Å². The number of carbonyl (C=O) groups excluding carboxylic acids is 2. The molecule has 0 bridgehead atoms. The van der Waals surface area contributed by atoms with Gasteiger partial charge >= 0.3 is 0 Å². The van der Waals surface area contributed by atoms with Crippen LogP contribution in [0.1, 0.15) is 23.6 Å². The number of aliphatic hydroxyl groups is 1. The van der Waals surface area contributed by atoms with E-state index in [1.807, 2.05) is 14.1 Å². The third-order valence-electron chi connectivity index (χ3n) is 5.46. The summed E-state index contributed by atoms with van der Waals surface area (Å²) >= 11 is 5.97. The van der Waals surface area contributed by atoms with Gasteiger partial charge in [-0.05, 0) is 42.0 Å². The largest absolute Gasteiger partial charge is 0.507 e. The van der Waals surface area contributed by atoms with E-state index in [1.165, 1.54) is 24.0 Å². The van der Waals surface area contributed by atoms with Gasteiger partial charge in [-0.25, -0.2) is 0 Å². The van der Waals surface area contributed by atoms with E-state index in [-0.39, 0.29) is 11.3 Å². The van der Waals surface area contributed by atoms with Crippen molar-refractivity contribution in [2.45, 2.75) is 12.5 Å². The second-order valence-corrected chi connectivity index (χ2v) is 8.36. The highest BCUT2D eigenvalue weighted by atomic mass is 35.5. The molecule has 1 fully saturated rings. The van der Waals surface area contributed by atoms with Crippen molar-refractivity contribution < 1.29 is 29.1 Å². The fourth-order valence-electron chi connectivity index (χ4n) is 3.85. The number of nitrogens with one attached hydrogen (secondary N) is 1. The summed E-state index contributed by atoms with van der Waals surface area (Å²) in [6.07, 6.45) is 0.708. The van der Waals surface area contributed by atoms with Crippen LogP contribution in [-0.2, 0) is 9.59 Å². The second kappa shape index (κ2) is 10.1. The lowest BCUT2D eigenvalue weighted by Crippen LogP contribution is -3.05. The number of carbonyl (C=O) groups is 2. The minimum atomic E-state index is -0.748. The van der Waals surface area contributed by atoms with Crippen LogP contribution in [0.2, 0.25) is 5.02 Å². The van der Waals surface area contributed by atoms with Gasteiger partial charge in [-0.3, -0.25) is 9.59 Å². The molecule has 1 heterocycles. The number of ketones is 1. The number of likely N-dealkylation sites (tertiary alicyclic amines) is 1. The van der Waals surface area contributed by atoms with Gasteiger partial charge in [-0.15, -0.1) is 0 Å². The first-order chi connectivity index (χ1) is 15.3. The van der Waals surface area contributed by atoms with Crippen molar-refractivity contribution in [3.05, 3.63) is 64.2 Å². The molecule has 1 saturated heterocycles. The van der Waals surface area contributed by atoms with Gasteiger partial charge in [0, 0.05) is 23.6 Å². The molecule has 2 N–H and O–H groups in total. The fourth-order valence-corrected chi connectivity index (χ4v) is 3.97. The zero-order valence-corrected chi connectivity index (χ0v) is 19.4. The highest BCUT2D eigenvalue weighted by Crippen LogP contribution is 2.42. The number of quaternary nitrogens is 1. The highest BCUT2D eigenvalue weighted by Gasteiger charge is 2.46. The predicted molar refractivity (Wildman–Crippen MR) is 122 cm³/mol. The van der Waals surface area contributed by atoms with E-state index < -0.39 is 17.7 Å². The molecule has 0 aliphatic carbocycles. The number of Topliss-reactive ketones (excluding diaryl/α,β-unsaturated/α-hetero) is 1. The Hall–Kier alpha value is -3.03. The van der Waals surface area contributed by atoms with Crippen molar-refractivity contribution in [3.63, 3.8) is 0 Å². The predicted octanol–water partition coefficient (Wildman–Crippen LogP) is 2.31. The first-order valence-electron chi connectivity index (χ1n) is 10.3. The molecule has 1 aliphatic rings. The maximum absolute atomic E-state index is 13.1. The molecule has 32 heavy (non-hydrogen) atoms. The Labute approximate surface area is 192 Å². The van der Waals surface area contributed by atoms with E-state index in [1.54, 1.807) is 42.5 Å². The smallest absolute Gasteiger partial charge is 0.295 e. The standard InChI is InChI=1S/C24H27ClN2O5/c1-26(2)12-5-13-27-21(16-8-11-18(31-3)19(14-16)32-4)20(23(29)24(27)30)22(28)15-6-9-17(25)10-7-15/h6-11,14,21,28H,5,12-13H2,1-4H3/p+1/t21-/m1/s1. The summed E-state index contributed by atoms with van der Waals surface area (Å²) in [5, 5.41) is 11.6. The molecule has 0 unspecified atom stereocenters. The average Bonchev–Trinajstić information content (AvgIpc) is 3.03. The lowest BCUT2D eigenvalue weighted by atomic mass is 9.95. The molecular formula is C24H28ClN2O5+. The number of rotatable bonds is 8. The molecule has 0 spiro atoms. The van der Waals surface area contributed by atoms with Crippen LogP contribution in [0.15, 0.2) is 48.0 Å². The fraction of sp³-hybridized carbons (Fsp3) is 0.333. The number of nitrogens with zero attached hydrogens (tertiary/aromatic N) is 1. The number of methoxy groups -OCH3 is 2. The molecule has 2 aromatic carbocycles. The third-order valence-corrected chi connectivity index (χ3v) is 5.71. The zero-order chi connectivity index (χ0) is 23.4. The van der Waals surface area contributed by atoms with Crippen LogP contribution in [0.3, 0.4) is 0 Å². The number of amides is 1. The molecule has 0 aromatic heterocycles. The Morgan fingerprint density at radius 2 is 1.72 bits per heavy atom. The maximum Gasteiger partial charge on any atom is 0.295 e. The van der Waals surface area contributed by atoms with E-state index in [9.17, 15) is 14.7 Å². The minimum Gasteiger partial charge on any atom is -0.507 e. The first-order valence-corrected chi connectivity index (χ1v) is 10.7. The Morgan fingerprint density at radius 1 is 1.06 bits per heavy atom. The van der Waals surface area contributed by atoms with Gasteiger partial charge in [0.15, 0.2) is 11.5 Å². The molecule has 1 atom stereocenters. The SMILES string of the molecule is COc1ccc([C@@H]2C(=C(O)c3ccc(Cl)cc3)C(=O)C(=O)N2CCC[NH+](C)C)cc1OC.